The maximum atomic E-state index is 12.4. The minimum Gasteiger partial charge on any atom is -0.463 e. The highest BCUT2D eigenvalue weighted by Gasteiger charge is 2.48. The quantitative estimate of drug-likeness (QED) is 0.350. The van der Waals surface area contributed by atoms with Gasteiger partial charge in [0.15, 0.2) is 0 Å². The summed E-state index contributed by atoms with van der Waals surface area (Å²) in [5.41, 5.74) is 10.3. The molecule has 0 saturated carbocycles. The van der Waals surface area contributed by atoms with Crippen molar-refractivity contribution in [2.75, 3.05) is 6.61 Å². The second kappa shape index (κ2) is 10.4. The molecule has 2 heterocycles. The molecule has 6 atom stereocenters. The van der Waals surface area contributed by atoms with E-state index in [0.717, 1.165) is 22.4 Å². The van der Waals surface area contributed by atoms with Crippen LogP contribution < -0.4 is 22.7 Å². The first kappa shape index (κ1) is 25.1. The lowest BCUT2D eigenvalue weighted by atomic mass is 10.1. The highest BCUT2D eigenvalue weighted by Crippen LogP contribution is 2.43. The molecule has 174 valence electrons. The van der Waals surface area contributed by atoms with Crippen LogP contribution in [0.3, 0.4) is 0 Å². The van der Waals surface area contributed by atoms with Gasteiger partial charge in [0, 0.05) is 12.3 Å². The zero-order valence-electron chi connectivity index (χ0n) is 17.9. The van der Waals surface area contributed by atoms with E-state index in [1.54, 1.807) is 27.7 Å². The summed E-state index contributed by atoms with van der Waals surface area (Å²) in [5.74, 6) is -1.68. The third-order valence-electron chi connectivity index (χ3n) is 5.06. The maximum absolute atomic E-state index is 12.4. The van der Waals surface area contributed by atoms with Crippen molar-refractivity contribution in [1.29, 1.82) is 0 Å². The minimum absolute atomic E-state index is 0.139. The fraction of sp³-hybridized carbons (Fsp3) is 0.684. The van der Waals surface area contributed by atoms with Crippen LogP contribution in [0.5, 0.6) is 0 Å². The number of H-pyrrole nitrogens is 1. The summed E-state index contributed by atoms with van der Waals surface area (Å²) in [6.45, 7) is 6.85. The molecule has 12 heteroatoms. The zero-order chi connectivity index (χ0) is 23.5. The molecule has 1 aliphatic heterocycles. The largest absolute Gasteiger partial charge is 0.463 e. The van der Waals surface area contributed by atoms with Gasteiger partial charge in [-0.1, -0.05) is 27.7 Å². The minimum atomic E-state index is -1.32. The third kappa shape index (κ3) is 5.97. The Bertz CT molecular complexity index is 900. The number of hydrogen-bond donors (Lipinski definition) is 4. The van der Waals surface area contributed by atoms with Gasteiger partial charge in [0.25, 0.3) is 5.56 Å². The highest BCUT2D eigenvalue weighted by molar-refractivity contribution is 8.00. The number of hydrogen-bond acceptors (Lipinski definition) is 10. The molecular formula is C19H30N4O7S. The van der Waals surface area contributed by atoms with Crippen molar-refractivity contribution in [2.24, 2.45) is 23.3 Å². The molecule has 2 rings (SSSR count). The van der Waals surface area contributed by atoms with Crippen LogP contribution in [-0.4, -0.2) is 62.7 Å². The van der Waals surface area contributed by atoms with Gasteiger partial charge in [-0.05, 0) is 11.8 Å². The van der Waals surface area contributed by atoms with Crippen LogP contribution in [-0.2, 0) is 19.1 Å². The number of esters is 2. The fourth-order valence-electron chi connectivity index (χ4n) is 2.87. The van der Waals surface area contributed by atoms with Crippen molar-refractivity contribution in [3.8, 4) is 0 Å². The Morgan fingerprint density at radius 1 is 1.16 bits per heavy atom. The molecule has 1 saturated heterocycles. The van der Waals surface area contributed by atoms with Crippen molar-refractivity contribution < 1.29 is 24.2 Å². The summed E-state index contributed by atoms with van der Waals surface area (Å²) >= 11 is 1.08. The first-order valence-electron chi connectivity index (χ1n) is 9.97. The summed E-state index contributed by atoms with van der Waals surface area (Å²) in [6, 6.07) is -0.603. The van der Waals surface area contributed by atoms with Crippen molar-refractivity contribution in [3.63, 3.8) is 0 Å². The smallest absolute Gasteiger partial charge is 0.329 e. The Morgan fingerprint density at radius 2 is 1.74 bits per heavy atom. The molecule has 0 aromatic carbocycles. The highest BCUT2D eigenvalue weighted by atomic mass is 32.2. The first-order chi connectivity index (χ1) is 14.4. The number of aliphatic hydroxyl groups is 1. The lowest BCUT2D eigenvalue weighted by Crippen LogP contribution is -2.45. The topological polar surface area (TPSA) is 180 Å². The summed E-state index contributed by atoms with van der Waals surface area (Å²) in [4.78, 5) is 50.2. The van der Waals surface area contributed by atoms with Crippen molar-refractivity contribution in [2.45, 2.75) is 62.6 Å². The Kier molecular flexibility index (Phi) is 8.46. The lowest BCUT2D eigenvalue weighted by molar-refractivity contribution is -0.159. The number of aromatic amines is 1. The third-order valence-corrected chi connectivity index (χ3v) is 6.60. The Labute approximate surface area is 183 Å². The number of nitrogens with two attached hydrogens (primary N) is 2. The summed E-state index contributed by atoms with van der Waals surface area (Å²) in [5, 5.41) is 9.26. The van der Waals surface area contributed by atoms with Crippen molar-refractivity contribution >= 4 is 23.7 Å². The van der Waals surface area contributed by atoms with E-state index in [1.165, 1.54) is 6.20 Å². The van der Waals surface area contributed by atoms with Crippen molar-refractivity contribution in [1.82, 2.24) is 9.55 Å². The van der Waals surface area contributed by atoms with Crippen LogP contribution in [0.25, 0.3) is 0 Å². The second-order valence-electron chi connectivity index (χ2n) is 8.14. The number of ether oxygens (including phenoxy) is 2. The number of thioether (sulfide) groups is 1. The van der Waals surface area contributed by atoms with Crippen LogP contribution in [0.1, 0.15) is 33.1 Å². The average molecular weight is 459 g/mol. The maximum Gasteiger partial charge on any atom is 0.329 e. The number of nitrogens with zero attached hydrogens (tertiary/aromatic N) is 1. The predicted octanol–water partition coefficient (Wildman–Crippen LogP) is -1.07. The number of aromatic nitrogens is 2. The standard InChI is InChI=1S/C19H30N4O7S/c1-8(2)12(20)17(26)29-7-10-15(30-18(27)13(21)9(3)4)14(25)16(31-10)23-6-5-11(24)22-19(23)28/h5-6,8-10,12-16,25H,7,20-21H2,1-4H3,(H,22,24,28)/t10-,12-,13-,14?,15?,16-/m1/s1. The Hall–Kier alpha value is -2.15. The lowest BCUT2D eigenvalue weighted by Gasteiger charge is -2.25. The van der Waals surface area contributed by atoms with E-state index < -0.39 is 58.1 Å². The number of rotatable bonds is 8. The van der Waals surface area contributed by atoms with E-state index in [-0.39, 0.29) is 18.4 Å². The zero-order valence-corrected chi connectivity index (χ0v) is 18.7. The van der Waals surface area contributed by atoms with Crippen LogP contribution in [0.2, 0.25) is 0 Å². The number of aliphatic hydroxyl groups excluding tert-OH is 1. The number of nitrogens with one attached hydrogen (secondary N) is 1. The van der Waals surface area contributed by atoms with E-state index >= 15 is 0 Å². The molecule has 0 aliphatic carbocycles. The van der Waals surface area contributed by atoms with Gasteiger partial charge in [0.05, 0.1) is 5.25 Å². The van der Waals surface area contributed by atoms with Gasteiger partial charge in [-0.2, -0.15) is 0 Å². The molecule has 1 aliphatic rings. The van der Waals surface area contributed by atoms with Gasteiger partial charge < -0.3 is 26.0 Å². The molecule has 1 fully saturated rings. The normalized spacial score (nSPS) is 25.5. The molecule has 0 radical (unpaired) electrons. The summed E-state index contributed by atoms with van der Waals surface area (Å²) < 4.78 is 11.9. The van der Waals surface area contributed by atoms with Gasteiger partial charge in [0.1, 0.15) is 36.3 Å². The van der Waals surface area contributed by atoms with Gasteiger partial charge in [-0.15, -0.1) is 11.8 Å². The van der Waals surface area contributed by atoms with Gasteiger partial charge in [-0.25, -0.2) is 4.79 Å². The molecular weight excluding hydrogens is 428 g/mol. The number of carbonyl (C=O) groups excluding carboxylic acids is 2. The van der Waals surface area contributed by atoms with Gasteiger partial charge in [0.2, 0.25) is 0 Å². The SMILES string of the molecule is CC(C)[C@@H](N)C(=O)OC[C@H]1S[C@@H](n2ccc(=O)[nH]c2=O)C(O)C1OC(=O)[C@H](N)C(C)C. The van der Waals surface area contributed by atoms with Crippen molar-refractivity contribution in [3.05, 3.63) is 33.1 Å². The number of carbonyl (C=O) groups is 2. The van der Waals surface area contributed by atoms with Crippen LogP contribution >= 0.6 is 11.8 Å². The monoisotopic (exact) mass is 458 g/mol. The van der Waals surface area contributed by atoms with Crippen LogP contribution in [0, 0.1) is 11.8 Å². The summed E-state index contributed by atoms with van der Waals surface area (Å²) in [7, 11) is 0. The molecule has 31 heavy (non-hydrogen) atoms. The molecule has 11 nitrogen and oxygen atoms in total. The van der Waals surface area contributed by atoms with Gasteiger partial charge >= 0.3 is 17.6 Å². The van der Waals surface area contributed by atoms with Gasteiger partial charge in [-0.3, -0.25) is 23.9 Å². The molecule has 0 bridgehead atoms. The molecule has 1 aromatic rings. The van der Waals surface area contributed by atoms with E-state index in [9.17, 15) is 24.3 Å². The van der Waals surface area contributed by atoms with E-state index in [1.807, 2.05) is 0 Å². The molecule has 6 N–H and O–H groups in total. The molecule has 0 spiro atoms. The average Bonchev–Trinajstić information content (AvgIpc) is 3.00. The summed E-state index contributed by atoms with van der Waals surface area (Å²) in [6.07, 6.45) is -1.18. The molecule has 1 aromatic heterocycles. The van der Waals surface area contributed by atoms with E-state index in [2.05, 4.69) is 4.98 Å². The Balaban J connectivity index is 2.25. The van der Waals surface area contributed by atoms with Crippen LogP contribution in [0.15, 0.2) is 21.9 Å². The van der Waals surface area contributed by atoms with E-state index in [4.69, 9.17) is 20.9 Å². The first-order valence-corrected chi connectivity index (χ1v) is 10.9. The fourth-order valence-corrected chi connectivity index (χ4v) is 4.36. The predicted molar refractivity (Wildman–Crippen MR) is 114 cm³/mol. The molecule has 0 amide bonds. The Morgan fingerprint density at radius 3 is 2.29 bits per heavy atom. The van der Waals surface area contributed by atoms with Crippen LogP contribution in [0.4, 0.5) is 0 Å². The second-order valence-corrected chi connectivity index (χ2v) is 9.50. The van der Waals surface area contributed by atoms with E-state index in [0.29, 0.717) is 0 Å². The molecule has 2 unspecified atom stereocenters.